The van der Waals surface area contributed by atoms with Crippen molar-refractivity contribution in [3.05, 3.63) is 0 Å². The van der Waals surface area contributed by atoms with Gasteiger partial charge in [-0.25, -0.2) is 0 Å². The summed E-state index contributed by atoms with van der Waals surface area (Å²) in [5, 5.41) is 0. The molecule has 0 heterocycles. The molecule has 0 aliphatic heterocycles. The minimum absolute atomic E-state index is 0. The first-order chi connectivity index (χ1) is 7.29. The Morgan fingerprint density at radius 2 is 0.529 bits per heavy atom. The molecule has 0 saturated carbocycles. The lowest BCUT2D eigenvalue weighted by Crippen LogP contribution is -1.99. The van der Waals surface area contributed by atoms with Gasteiger partial charge in [-0.1, -0.05) is 61.8 Å². The Kier molecular flexibility index (Phi) is 120. The zero-order valence-electron chi connectivity index (χ0n) is 14.3. The van der Waals surface area contributed by atoms with Crippen molar-refractivity contribution in [3.8, 4) is 0 Å². The second-order valence-electron chi connectivity index (χ2n) is 4.10. The molecule has 0 aromatic carbocycles. The van der Waals surface area contributed by atoms with Crippen LogP contribution in [0.15, 0.2) is 0 Å². The molecular weight excluding hydrogens is 208 g/mol. The summed E-state index contributed by atoms with van der Waals surface area (Å²) < 4.78 is 0. The molecule has 2 nitrogen and oxygen atoms in total. The van der Waals surface area contributed by atoms with E-state index in [1.54, 1.807) is 0 Å². The maximum Gasteiger partial charge on any atom is -0.0140 e. The highest BCUT2D eigenvalue weighted by Gasteiger charge is 1.58. The molecule has 0 saturated heterocycles. The smallest absolute Gasteiger partial charge is 0.0140 e. The van der Waals surface area contributed by atoms with Gasteiger partial charge in [0, 0.05) is 0 Å². The Hall–Kier alpha value is -0.0800. The van der Waals surface area contributed by atoms with E-state index >= 15 is 0 Å². The van der Waals surface area contributed by atoms with Crippen molar-refractivity contribution in [1.82, 2.24) is 9.80 Å². The zero-order chi connectivity index (χ0) is 14.6. The van der Waals surface area contributed by atoms with Crippen molar-refractivity contribution >= 4 is 0 Å². The van der Waals surface area contributed by atoms with Crippen molar-refractivity contribution in [1.29, 1.82) is 0 Å². The maximum atomic E-state index is 2.12. The second kappa shape index (κ2) is 56.5. The quantitative estimate of drug-likeness (QED) is 0.608. The second-order valence-corrected chi connectivity index (χ2v) is 4.10. The van der Waals surface area contributed by atoms with E-state index < -0.39 is 0 Å². The summed E-state index contributed by atoms with van der Waals surface area (Å²) in [5.74, 6) is 0. The van der Waals surface area contributed by atoms with Crippen LogP contribution in [-0.2, 0) is 0 Å². The number of hydrogen-bond acceptors (Lipinski definition) is 2. The van der Waals surface area contributed by atoms with Crippen LogP contribution in [0.5, 0.6) is 0 Å². The van der Waals surface area contributed by atoms with Gasteiger partial charge in [0.05, 0.1) is 0 Å². The first-order valence-electron chi connectivity index (χ1n) is 6.51. The van der Waals surface area contributed by atoms with Gasteiger partial charge in [0.1, 0.15) is 0 Å². The minimum atomic E-state index is 0. The topological polar surface area (TPSA) is 6.48 Å². The van der Waals surface area contributed by atoms with Crippen LogP contribution in [0.1, 0.15) is 61.8 Å². The third kappa shape index (κ3) is 482000. The highest BCUT2D eigenvalue weighted by Crippen LogP contribution is 1.56. The largest absolute Gasteiger partial charge is 0.312 e. The van der Waals surface area contributed by atoms with Crippen LogP contribution in [0.25, 0.3) is 0 Å². The summed E-state index contributed by atoms with van der Waals surface area (Å²) in [4.78, 5) is 4.00. The van der Waals surface area contributed by atoms with Crippen LogP contribution in [0.3, 0.4) is 0 Å². The van der Waals surface area contributed by atoms with Crippen molar-refractivity contribution in [2.45, 2.75) is 61.8 Å². The van der Waals surface area contributed by atoms with E-state index in [0.29, 0.717) is 0 Å². The highest BCUT2D eigenvalue weighted by molar-refractivity contribution is 4.09. The first kappa shape index (κ1) is 36.0. The lowest BCUT2D eigenvalue weighted by molar-refractivity contribution is 0.505. The van der Waals surface area contributed by atoms with Gasteiger partial charge in [-0.15, -0.1) is 0 Å². The van der Waals surface area contributed by atoms with Gasteiger partial charge in [-0.2, -0.15) is 0 Å². The van der Waals surface area contributed by atoms with Gasteiger partial charge in [0.15, 0.2) is 0 Å². The molecule has 0 atom stereocenters. The molecule has 0 aromatic rings. The maximum absolute atomic E-state index is 2.12. The van der Waals surface area contributed by atoms with Crippen LogP contribution in [-0.4, -0.2) is 52.1 Å². The normalized spacial score (nSPS) is 6.71. The van der Waals surface area contributed by atoms with E-state index in [1.165, 1.54) is 12.8 Å². The fourth-order valence-corrected chi connectivity index (χ4v) is 0. The van der Waals surface area contributed by atoms with Crippen LogP contribution < -0.4 is 0 Å². The van der Waals surface area contributed by atoms with Crippen LogP contribution in [0.4, 0.5) is 0 Å². The predicted octanol–water partition coefficient (Wildman–Crippen LogP) is 4.85. The third-order valence-corrected chi connectivity index (χ3v) is 0. The Bertz CT molecular complexity index is 39.4. The molecule has 0 aromatic heterocycles. The van der Waals surface area contributed by atoms with E-state index in [0.717, 1.165) is 0 Å². The fourth-order valence-electron chi connectivity index (χ4n) is 0. The molecule has 0 bridgehead atoms. The molecule has 0 spiro atoms. The molecule has 0 fully saturated rings. The Morgan fingerprint density at radius 1 is 0.529 bits per heavy atom. The average molecular weight is 253 g/mol. The van der Waals surface area contributed by atoms with Crippen molar-refractivity contribution < 1.29 is 0 Å². The summed E-state index contributed by atoms with van der Waals surface area (Å²) in [6, 6.07) is 0. The first-order valence-corrected chi connectivity index (χ1v) is 6.51. The standard InChI is InChI=1S/2C3H9N.2C3H8.C2H6.CH4/c2*1-4(2)3;2*1-3-2;1-2;/h2*1-3H3;2*3H2,1-2H3;1-2H3;1H4. The van der Waals surface area contributed by atoms with Crippen molar-refractivity contribution in [3.63, 3.8) is 0 Å². The van der Waals surface area contributed by atoms with Gasteiger partial charge in [0.2, 0.25) is 0 Å². The molecule has 114 valence electrons. The molecule has 0 rings (SSSR count). The summed E-state index contributed by atoms with van der Waals surface area (Å²) in [6.07, 6.45) is 2.50. The average Bonchev–Trinajstić information content (AvgIpc) is 2.07. The van der Waals surface area contributed by atoms with E-state index in [-0.39, 0.29) is 7.43 Å². The molecule has 0 N–H and O–H groups in total. The Balaban J connectivity index is -0.0000000224. The summed E-state index contributed by atoms with van der Waals surface area (Å²) >= 11 is 0. The van der Waals surface area contributed by atoms with Gasteiger partial charge in [-0.3, -0.25) is 0 Å². The molecule has 0 amide bonds. The molecule has 2 heteroatoms. The van der Waals surface area contributed by atoms with Crippen LogP contribution in [0, 0.1) is 0 Å². The summed E-state index contributed by atoms with van der Waals surface area (Å²) in [5.41, 5.74) is 0. The predicted molar refractivity (Wildman–Crippen MR) is 89.2 cm³/mol. The minimum Gasteiger partial charge on any atom is -0.312 e. The van der Waals surface area contributed by atoms with E-state index in [2.05, 4.69) is 27.7 Å². The molecule has 0 unspecified atom stereocenters. The van der Waals surface area contributed by atoms with Crippen molar-refractivity contribution in [2.75, 3.05) is 42.3 Å². The lowest BCUT2D eigenvalue weighted by atomic mass is 10.6. The highest BCUT2D eigenvalue weighted by atomic mass is 15.0. The van der Waals surface area contributed by atoms with Crippen LogP contribution in [0.2, 0.25) is 0 Å². The number of rotatable bonds is 0. The van der Waals surface area contributed by atoms with E-state index in [4.69, 9.17) is 0 Å². The molecule has 17 heavy (non-hydrogen) atoms. The molecule has 0 aliphatic rings. The SMILES string of the molecule is C.CC.CCC.CCC.CN(C)C.CN(C)C. The molecular formula is C15H44N2. The fraction of sp³-hybridized carbons (Fsp3) is 1.00. The van der Waals surface area contributed by atoms with E-state index in [9.17, 15) is 0 Å². The third-order valence-electron chi connectivity index (χ3n) is 0. The monoisotopic (exact) mass is 252 g/mol. The van der Waals surface area contributed by atoms with Gasteiger partial charge in [-0.05, 0) is 42.3 Å². The molecule has 0 radical (unpaired) electrons. The van der Waals surface area contributed by atoms with Crippen molar-refractivity contribution in [2.24, 2.45) is 0 Å². The van der Waals surface area contributed by atoms with Gasteiger partial charge in [0.25, 0.3) is 0 Å². The van der Waals surface area contributed by atoms with E-state index in [1.807, 2.05) is 65.9 Å². The molecule has 0 aliphatic carbocycles. The van der Waals surface area contributed by atoms with Gasteiger partial charge >= 0.3 is 0 Å². The Morgan fingerprint density at radius 3 is 0.529 bits per heavy atom. The summed E-state index contributed by atoms with van der Waals surface area (Å²) in [7, 11) is 12.0. The Labute approximate surface area is 114 Å². The zero-order valence-corrected chi connectivity index (χ0v) is 14.3. The van der Waals surface area contributed by atoms with Crippen LogP contribution >= 0.6 is 0 Å². The number of hydrogen-bond donors (Lipinski definition) is 0. The number of nitrogens with zero attached hydrogens (tertiary/aromatic N) is 2. The lowest BCUT2D eigenvalue weighted by Gasteiger charge is -1.90. The van der Waals surface area contributed by atoms with Gasteiger partial charge < -0.3 is 9.80 Å². The summed E-state index contributed by atoms with van der Waals surface area (Å²) in [6.45, 7) is 12.5.